The van der Waals surface area contributed by atoms with E-state index in [2.05, 4.69) is 27.2 Å². The standard InChI is InChI=1S/C20H21N3O/c24-20(19-9-3-6-15-5-1-2-8-18(15)19)16-7-4-12-23(13-16)14-17-10-11-21-22-17/h1-3,5-6,8-11,16H,4,7,12-14H2,(H,21,22)/t16-/m1/s1. The minimum absolute atomic E-state index is 0.0764. The van der Waals surface area contributed by atoms with Crippen molar-refractivity contribution in [1.29, 1.82) is 0 Å². The molecule has 1 saturated heterocycles. The highest BCUT2D eigenvalue weighted by Crippen LogP contribution is 2.26. The van der Waals surface area contributed by atoms with E-state index >= 15 is 0 Å². The topological polar surface area (TPSA) is 49.0 Å². The molecule has 3 aromatic rings. The Morgan fingerprint density at radius 3 is 2.92 bits per heavy atom. The van der Waals surface area contributed by atoms with Gasteiger partial charge in [0.25, 0.3) is 0 Å². The van der Waals surface area contributed by atoms with E-state index in [0.717, 1.165) is 54.5 Å². The fourth-order valence-corrected chi connectivity index (χ4v) is 3.69. The van der Waals surface area contributed by atoms with Crippen molar-refractivity contribution < 1.29 is 4.79 Å². The second kappa shape index (κ2) is 6.57. The maximum Gasteiger partial charge on any atom is 0.167 e. The minimum atomic E-state index is 0.0764. The van der Waals surface area contributed by atoms with Crippen LogP contribution in [0.5, 0.6) is 0 Å². The van der Waals surface area contributed by atoms with Crippen molar-refractivity contribution in [2.45, 2.75) is 19.4 Å². The van der Waals surface area contributed by atoms with E-state index in [1.807, 2.05) is 36.4 Å². The van der Waals surface area contributed by atoms with Crippen molar-refractivity contribution in [3.63, 3.8) is 0 Å². The van der Waals surface area contributed by atoms with Gasteiger partial charge in [-0.3, -0.25) is 14.8 Å². The van der Waals surface area contributed by atoms with Crippen LogP contribution < -0.4 is 0 Å². The van der Waals surface area contributed by atoms with E-state index in [1.54, 1.807) is 6.20 Å². The molecule has 1 fully saturated rings. The van der Waals surface area contributed by atoms with Crippen molar-refractivity contribution in [1.82, 2.24) is 15.1 Å². The number of likely N-dealkylation sites (tertiary alicyclic amines) is 1. The van der Waals surface area contributed by atoms with E-state index in [1.165, 1.54) is 0 Å². The van der Waals surface area contributed by atoms with Gasteiger partial charge in [-0.05, 0) is 36.2 Å². The lowest BCUT2D eigenvalue weighted by atomic mass is 9.88. The van der Waals surface area contributed by atoms with Gasteiger partial charge in [-0.25, -0.2) is 0 Å². The third-order valence-electron chi connectivity index (χ3n) is 4.88. The van der Waals surface area contributed by atoms with Gasteiger partial charge in [0.1, 0.15) is 0 Å². The summed E-state index contributed by atoms with van der Waals surface area (Å²) in [6.07, 6.45) is 3.81. The highest BCUT2D eigenvalue weighted by molar-refractivity contribution is 6.09. The number of carbonyl (C=O) groups excluding carboxylic acids is 1. The molecule has 0 saturated carbocycles. The molecule has 2 heterocycles. The maximum absolute atomic E-state index is 13.1. The summed E-state index contributed by atoms with van der Waals surface area (Å²) in [4.78, 5) is 15.5. The number of Topliss-reactive ketones (excluding diaryl/α,β-unsaturated/α-hetero) is 1. The van der Waals surface area contributed by atoms with Gasteiger partial charge in [-0.15, -0.1) is 0 Å². The molecule has 122 valence electrons. The van der Waals surface area contributed by atoms with Crippen LogP contribution in [0.2, 0.25) is 0 Å². The van der Waals surface area contributed by atoms with E-state index in [9.17, 15) is 4.79 Å². The number of nitrogens with one attached hydrogen (secondary N) is 1. The first-order valence-electron chi connectivity index (χ1n) is 8.54. The minimum Gasteiger partial charge on any atom is -0.297 e. The normalized spacial score (nSPS) is 18.8. The number of benzene rings is 2. The Balaban J connectivity index is 1.55. The molecule has 0 bridgehead atoms. The molecular formula is C20H21N3O. The van der Waals surface area contributed by atoms with E-state index in [0.29, 0.717) is 0 Å². The lowest BCUT2D eigenvalue weighted by Gasteiger charge is -2.31. The summed E-state index contributed by atoms with van der Waals surface area (Å²) < 4.78 is 0. The Kier molecular flexibility index (Phi) is 4.13. The maximum atomic E-state index is 13.1. The van der Waals surface area contributed by atoms with Gasteiger partial charge >= 0.3 is 0 Å². The molecule has 0 amide bonds. The van der Waals surface area contributed by atoms with Gasteiger partial charge in [0.15, 0.2) is 5.78 Å². The first-order valence-corrected chi connectivity index (χ1v) is 8.54. The highest BCUT2D eigenvalue weighted by Gasteiger charge is 2.27. The number of hydrogen-bond donors (Lipinski definition) is 1. The predicted molar refractivity (Wildman–Crippen MR) is 94.9 cm³/mol. The van der Waals surface area contributed by atoms with Crippen molar-refractivity contribution in [3.05, 3.63) is 66.0 Å². The molecule has 0 aliphatic carbocycles. The Bertz CT molecular complexity index is 836. The van der Waals surface area contributed by atoms with E-state index < -0.39 is 0 Å². The van der Waals surface area contributed by atoms with Gasteiger partial charge in [0, 0.05) is 36.5 Å². The smallest absolute Gasteiger partial charge is 0.167 e. The summed E-state index contributed by atoms with van der Waals surface area (Å²) in [5.74, 6) is 0.355. The number of hydrogen-bond acceptors (Lipinski definition) is 3. The van der Waals surface area contributed by atoms with Crippen LogP contribution in [-0.4, -0.2) is 34.0 Å². The molecule has 0 unspecified atom stereocenters. The predicted octanol–water partition coefficient (Wildman–Crippen LogP) is 3.66. The van der Waals surface area contributed by atoms with Crippen molar-refractivity contribution >= 4 is 16.6 Å². The van der Waals surface area contributed by atoms with Crippen LogP contribution in [0.3, 0.4) is 0 Å². The first kappa shape index (κ1) is 15.1. The molecule has 0 spiro atoms. The number of fused-ring (bicyclic) bond motifs is 1. The number of carbonyl (C=O) groups is 1. The average molecular weight is 319 g/mol. The molecule has 4 rings (SSSR count). The number of ketones is 1. The number of aromatic nitrogens is 2. The third kappa shape index (κ3) is 2.97. The first-order chi connectivity index (χ1) is 11.8. The Morgan fingerprint density at radius 2 is 2.04 bits per heavy atom. The molecule has 24 heavy (non-hydrogen) atoms. The molecule has 1 aromatic heterocycles. The fraction of sp³-hybridized carbons (Fsp3) is 0.300. The van der Waals surface area contributed by atoms with Crippen molar-refractivity contribution in [2.75, 3.05) is 13.1 Å². The summed E-state index contributed by atoms with van der Waals surface area (Å²) in [6.45, 7) is 2.69. The van der Waals surface area contributed by atoms with Crippen LogP contribution in [0.25, 0.3) is 10.8 Å². The molecule has 1 atom stereocenters. The van der Waals surface area contributed by atoms with Gasteiger partial charge in [-0.2, -0.15) is 5.10 Å². The van der Waals surface area contributed by atoms with Crippen LogP contribution >= 0.6 is 0 Å². The molecule has 4 nitrogen and oxygen atoms in total. The molecule has 0 radical (unpaired) electrons. The Hall–Kier alpha value is -2.46. The quantitative estimate of drug-likeness (QED) is 0.747. The van der Waals surface area contributed by atoms with Crippen LogP contribution in [0.15, 0.2) is 54.7 Å². The lowest BCUT2D eigenvalue weighted by Crippen LogP contribution is -2.38. The van der Waals surface area contributed by atoms with Gasteiger partial charge in [-0.1, -0.05) is 42.5 Å². The molecule has 2 aromatic carbocycles. The van der Waals surface area contributed by atoms with E-state index in [4.69, 9.17) is 0 Å². The van der Waals surface area contributed by atoms with Gasteiger partial charge in [0.2, 0.25) is 0 Å². The zero-order valence-corrected chi connectivity index (χ0v) is 13.6. The number of piperidine rings is 1. The lowest BCUT2D eigenvalue weighted by molar-refractivity contribution is 0.0812. The number of rotatable bonds is 4. The van der Waals surface area contributed by atoms with Crippen LogP contribution in [0.4, 0.5) is 0 Å². The van der Waals surface area contributed by atoms with Gasteiger partial charge in [0.05, 0.1) is 0 Å². The third-order valence-corrected chi connectivity index (χ3v) is 4.88. The largest absolute Gasteiger partial charge is 0.297 e. The summed E-state index contributed by atoms with van der Waals surface area (Å²) in [5, 5.41) is 9.21. The zero-order valence-electron chi connectivity index (χ0n) is 13.6. The van der Waals surface area contributed by atoms with Gasteiger partial charge < -0.3 is 0 Å². The molecule has 1 N–H and O–H groups in total. The Morgan fingerprint density at radius 1 is 1.17 bits per heavy atom. The van der Waals surface area contributed by atoms with Crippen LogP contribution in [-0.2, 0) is 6.54 Å². The summed E-state index contributed by atoms with van der Waals surface area (Å²) in [6, 6.07) is 16.2. The molecular weight excluding hydrogens is 298 g/mol. The zero-order chi connectivity index (χ0) is 16.4. The fourth-order valence-electron chi connectivity index (χ4n) is 3.69. The second-order valence-corrected chi connectivity index (χ2v) is 6.55. The molecule has 1 aliphatic rings. The highest BCUT2D eigenvalue weighted by atomic mass is 16.1. The van der Waals surface area contributed by atoms with Crippen molar-refractivity contribution in [3.8, 4) is 0 Å². The van der Waals surface area contributed by atoms with Crippen LogP contribution in [0.1, 0.15) is 28.9 Å². The summed E-state index contributed by atoms with van der Waals surface area (Å²) in [7, 11) is 0. The van der Waals surface area contributed by atoms with Crippen molar-refractivity contribution in [2.24, 2.45) is 5.92 Å². The monoisotopic (exact) mass is 319 g/mol. The Labute approximate surface area is 141 Å². The number of aromatic amines is 1. The molecule has 4 heteroatoms. The molecule has 1 aliphatic heterocycles. The SMILES string of the molecule is O=C(c1cccc2ccccc12)[C@@H]1CCCN(Cc2ccn[nH]2)C1. The summed E-state index contributed by atoms with van der Waals surface area (Å²) in [5.41, 5.74) is 1.97. The number of nitrogens with zero attached hydrogens (tertiary/aromatic N) is 2. The second-order valence-electron chi connectivity index (χ2n) is 6.55. The van der Waals surface area contributed by atoms with E-state index in [-0.39, 0.29) is 11.7 Å². The average Bonchev–Trinajstić information content (AvgIpc) is 3.14. The van der Waals surface area contributed by atoms with Crippen LogP contribution in [0, 0.1) is 5.92 Å². The number of H-pyrrole nitrogens is 1. The summed E-state index contributed by atoms with van der Waals surface area (Å²) >= 11 is 0.